The number of hydrogen-bond acceptors (Lipinski definition) is 3. The third-order valence-electron chi connectivity index (χ3n) is 3.83. The van der Waals surface area contributed by atoms with Crippen molar-refractivity contribution in [2.45, 2.75) is 50.5 Å². The Morgan fingerprint density at radius 1 is 1.25 bits per heavy atom. The van der Waals surface area contributed by atoms with Gasteiger partial charge in [-0.25, -0.2) is 0 Å². The van der Waals surface area contributed by atoms with Crippen molar-refractivity contribution in [3.05, 3.63) is 29.8 Å². The highest BCUT2D eigenvalue weighted by atomic mass is 32.2. The molecular formula is C17H29NOS. The zero-order chi connectivity index (χ0) is 15.0. The Hall–Kier alpha value is -0.510. The number of nitrogens with zero attached hydrogens (tertiary/aromatic N) is 1. The van der Waals surface area contributed by atoms with Gasteiger partial charge >= 0.3 is 0 Å². The molecule has 114 valence electrons. The molecule has 1 aromatic rings. The van der Waals surface area contributed by atoms with Crippen LogP contribution in [0, 0.1) is 0 Å². The molecular weight excluding hydrogens is 266 g/mol. The first-order chi connectivity index (χ1) is 9.68. The Labute approximate surface area is 128 Å². The van der Waals surface area contributed by atoms with Gasteiger partial charge in [0.25, 0.3) is 0 Å². The van der Waals surface area contributed by atoms with Gasteiger partial charge in [0.05, 0.1) is 5.60 Å². The predicted molar refractivity (Wildman–Crippen MR) is 89.4 cm³/mol. The molecule has 1 fully saturated rings. The summed E-state index contributed by atoms with van der Waals surface area (Å²) in [7, 11) is 0. The molecule has 1 N–H and O–H groups in total. The fraction of sp³-hybridized carbons (Fsp3) is 0.647. The van der Waals surface area contributed by atoms with E-state index in [4.69, 9.17) is 0 Å². The SMILES string of the molecule is CC.CCCN1CCC(O)(c2cccc(SC)c2)CC1. The van der Waals surface area contributed by atoms with Crippen LogP contribution in [0.2, 0.25) is 0 Å². The minimum atomic E-state index is -0.615. The van der Waals surface area contributed by atoms with Crippen LogP contribution in [0.15, 0.2) is 29.2 Å². The van der Waals surface area contributed by atoms with Gasteiger partial charge in [0, 0.05) is 18.0 Å². The zero-order valence-electron chi connectivity index (χ0n) is 13.4. The minimum Gasteiger partial charge on any atom is -0.385 e. The molecule has 1 aliphatic heterocycles. The number of rotatable bonds is 4. The molecule has 0 aliphatic carbocycles. The van der Waals surface area contributed by atoms with Gasteiger partial charge in [0.1, 0.15) is 0 Å². The average molecular weight is 295 g/mol. The fourth-order valence-corrected chi connectivity index (χ4v) is 3.12. The molecule has 1 aromatic carbocycles. The van der Waals surface area contributed by atoms with Gasteiger partial charge in [-0.2, -0.15) is 0 Å². The number of benzene rings is 1. The second kappa shape index (κ2) is 8.71. The first-order valence-electron chi connectivity index (χ1n) is 7.77. The second-order valence-electron chi connectivity index (χ2n) is 5.11. The van der Waals surface area contributed by atoms with Crippen LogP contribution in [0.4, 0.5) is 0 Å². The zero-order valence-corrected chi connectivity index (χ0v) is 14.2. The molecule has 20 heavy (non-hydrogen) atoms. The lowest BCUT2D eigenvalue weighted by Crippen LogP contribution is -2.42. The van der Waals surface area contributed by atoms with Crippen molar-refractivity contribution < 1.29 is 5.11 Å². The van der Waals surface area contributed by atoms with E-state index in [1.54, 1.807) is 11.8 Å². The molecule has 0 radical (unpaired) electrons. The second-order valence-corrected chi connectivity index (χ2v) is 5.98. The summed E-state index contributed by atoms with van der Waals surface area (Å²) in [6, 6.07) is 8.36. The lowest BCUT2D eigenvalue weighted by atomic mass is 9.84. The van der Waals surface area contributed by atoms with Crippen LogP contribution in [-0.2, 0) is 5.60 Å². The Bertz CT molecular complexity index is 386. The lowest BCUT2D eigenvalue weighted by molar-refractivity contribution is -0.0259. The van der Waals surface area contributed by atoms with E-state index < -0.39 is 5.60 Å². The molecule has 1 heterocycles. The highest BCUT2D eigenvalue weighted by Crippen LogP contribution is 2.34. The van der Waals surface area contributed by atoms with Gasteiger partial charge in [-0.05, 0) is 49.8 Å². The molecule has 0 saturated carbocycles. The lowest BCUT2D eigenvalue weighted by Gasteiger charge is -2.38. The van der Waals surface area contributed by atoms with E-state index in [0.29, 0.717) is 0 Å². The van der Waals surface area contributed by atoms with Crippen molar-refractivity contribution in [2.24, 2.45) is 0 Å². The van der Waals surface area contributed by atoms with Crippen molar-refractivity contribution in [1.82, 2.24) is 4.90 Å². The molecule has 3 heteroatoms. The van der Waals surface area contributed by atoms with Gasteiger partial charge in [0.15, 0.2) is 0 Å². The first kappa shape index (κ1) is 17.5. The molecule has 2 nitrogen and oxygen atoms in total. The molecule has 0 bridgehead atoms. The van der Waals surface area contributed by atoms with Crippen molar-refractivity contribution in [3.8, 4) is 0 Å². The Kier molecular flexibility index (Phi) is 7.63. The van der Waals surface area contributed by atoms with E-state index >= 15 is 0 Å². The third-order valence-corrected chi connectivity index (χ3v) is 4.56. The van der Waals surface area contributed by atoms with Crippen LogP contribution in [-0.4, -0.2) is 35.9 Å². The monoisotopic (exact) mass is 295 g/mol. The van der Waals surface area contributed by atoms with E-state index in [-0.39, 0.29) is 0 Å². The maximum absolute atomic E-state index is 10.8. The van der Waals surface area contributed by atoms with Crippen LogP contribution in [0.5, 0.6) is 0 Å². The number of thioether (sulfide) groups is 1. The highest BCUT2D eigenvalue weighted by molar-refractivity contribution is 7.98. The van der Waals surface area contributed by atoms with Crippen molar-refractivity contribution in [1.29, 1.82) is 0 Å². The van der Waals surface area contributed by atoms with Crippen molar-refractivity contribution >= 4 is 11.8 Å². The van der Waals surface area contributed by atoms with Crippen molar-refractivity contribution in [2.75, 3.05) is 25.9 Å². The van der Waals surface area contributed by atoms with Gasteiger partial charge < -0.3 is 10.0 Å². The van der Waals surface area contributed by atoms with Crippen LogP contribution in [0.3, 0.4) is 0 Å². The largest absolute Gasteiger partial charge is 0.385 e. The van der Waals surface area contributed by atoms with E-state index in [1.807, 2.05) is 13.8 Å². The molecule has 0 spiro atoms. The quantitative estimate of drug-likeness (QED) is 0.845. The van der Waals surface area contributed by atoms with Gasteiger partial charge in [-0.3, -0.25) is 0 Å². The van der Waals surface area contributed by atoms with Crippen LogP contribution >= 0.6 is 11.8 Å². The topological polar surface area (TPSA) is 23.5 Å². The minimum absolute atomic E-state index is 0.615. The number of aliphatic hydroxyl groups is 1. The van der Waals surface area contributed by atoms with Crippen LogP contribution in [0.1, 0.15) is 45.6 Å². The Balaban J connectivity index is 0.000000956. The summed E-state index contributed by atoms with van der Waals surface area (Å²) in [5, 5.41) is 10.8. The molecule has 1 aliphatic rings. The number of likely N-dealkylation sites (tertiary alicyclic amines) is 1. The highest BCUT2D eigenvalue weighted by Gasteiger charge is 2.33. The molecule has 0 atom stereocenters. The Morgan fingerprint density at radius 3 is 2.45 bits per heavy atom. The third kappa shape index (κ3) is 4.51. The summed E-state index contributed by atoms with van der Waals surface area (Å²) < 4.78 is 0. The molecule has 2 rings (SSSR count). The summed E-state index contributed by atoms with van der Waals surface area (Å²) in [6.07, 6.45) is 4.98. The summed E-state index contributed by atoms with van der Waals surface area (Å²) >= 11 is 1.73. The van der Waals surface area contributed by atoms with Gasteiger partial charge in [-0.15, -0.1) is 11.8 Å². The van der Waals surface area contributed by atoms with Crippen molar-refractivity contribution in [3.63, 3.8) is 0 Å². The maximum atomic E-state index is 10.8. The summed E-state index contributed by atoms with van der Waals surface area (Å²) in [4.78, 5) is 3.68. The maximum Gasteiger partial charge on any atom is 0.0921 e. The molecule has 0 aromatic heterocycles. The summed E-state index contributed by atoms with van der Waals surface area (Å²) in [5.41, 5.74) is 0.473. The Morgan fingerprint density at radius 2 is 1.90 bits per heavy atom. The number of piperidine rings is 1. The van der Waals surface area contributed by atoms with E-state index in [1.165, 1.54) is 11.3 Å². The normalized spacial score (nSPS) is 18.2. The standard InChI is InChI=1S/C15H23NOS.C2H6/c1-3-9-16-10-7-15(17,8-11-16)13-5-4-6-14(12-13)18-2;1-2/h4-6,12,17H,3,7-11H2,1-2H3;1-2H3. The van der Waals surface area contributed by atoms with E-state index in [0.717, 1.165) is 38.0 Å². The van der Waals surface area contributed by atoms with E-state index in [9.17, 15) is 5.11 Å². The predicted octanol–water partition coefficient (Wildman–Crippen LogP) is 4.13. The number of hydrogen-bond donors (Lipinski definition) is 1. The van der Waals surface area contributed by atoms with Crippen LogP contribution in [0.25, 0.3) is 0 Å². The summed E-state index contributed by atoms with van der Waals surface area (Å²) in [5.74, 6) is 0. The molecule has 1 saturated heterocycles. The van der Waals surface area contributed by atoms with Gasteiger partial charge in [-0.1, -0.05) is 32.9 Å². The average Bonchev–Trinajstić information content (AvgIpc) is 2.52. The molecule has 0 amide bonds. The van der Waals surface area contributed by atoms with Gasteiger partial charge in [0.2, 0.25) is 0 Å². The summed E-state index contributed by atoms with van der Waals surface area (Å²) in [6.45, 7) is 9.38. The fourth-order valence-electron chi connectivity index (χ4n) is 2.66. The van der Waals surface area contributed by atoms with E-state index in [2.05, 4.69) is 42.3 Å². The van der Waals surface area contributed by atoms with Crippen LogP contribution < -0.4 is 0 Å². The smallest absolute Gasteiger partial charge is 0.0921 e. The molecule has 0 unspecified atom stereocenters. The first-order valence-corrected chi connectivity index (χ1v) is 8.99.